The maximum absolute atomic E-state index is 12.5. The van der Waals surface area contributed by atoms with Crippen LogP contribution in [-0.2, 0) is 24.7 Å². The second-order valence-corrected chi connectivity index (χ2v) is 5.43. The molecule has 124 valence electrons. The first-order chi connectivity index (χ1) is 11.6. The Morgan fingerprint density at radius 2 is 1.75 bits per heavy atom. The molecule has 1 aromatic carbocycles. The number of carbonyl (C=O) groups excluding carboxylic acids is 1. The zero-order chi connectivity index (χ0) is 17.7. The number of pyridine rings is 1. The first kappa shape index (κ1) is 17.6. The van der Waals surface area contributed by atoms with Gasteiger partial charge in [0.25, 0.3) is 5.56 Å². The average molecular weight is 325 g/mol. The lowest BCUT2D eigenvalue weighted by molar-refractivity contribution is -0.107. The Labute approximate surface area is 140 Å². The van der Waals surface area contributed by atoms with Crippen molar-refractivity contribution in [3.05, 3.63) is 70.2 Å². The summed E-state index contributed by atoms with van der Waals surface area (Å²) in [5, 5.41) is 0. The van der Waals surface area contributed by atoms with Gasteiger partial charge in [-0.15, -0.1) is 0 Å². The Bertz CT molecular complexity index is 832. The minimum atomic E-state index is -0.409. The van der Waals surface area contributed by atoms with Crippen molar-refractivity contribution >= 4 is 18.4 Å². The molecule has 0 atom stereocenters. The Balaban J connectivity index is 2.81. The summed E-state index contributed by atoms with van der Waals surface area (Å²) in [6, 6.07) is 7.45. The van der Waals surface area contributed by atoms with E-state index in [-0.39, 0.29) is 12.0 Å². The summed E-state index contributed by atoms with van der Waals surface area (Å²) < 4.78 is 14.0. The number of hydrogen-bond acceptors (Lipinski definition) is 2. The van der Waals surface area contributed by atoms with Crippen molar-refractivity contribution in [1.29, 1.82) is 0 Å². The van der Waals surface area contributed by atoms with Crippen molar-refractivity contribution in [2.75, 3.05) is 6.67 Å². The first-order valence-corrected chi connectivity index (χ1v) is 7.68. The maximum Gasteiger partial charge on any atom is 0.258 e. The van der Waals surface area contributed by atoms with Crippen LogP contribution in [0.2, 0.25) is 0 Å². The molecule has 0 unspecified atom stereocenters. The predicted molar refractivity (Wildman–Crippen MR) is 96.7 cm³/mol. The van der Waals surface area contributed by atoms with Crippen molar-refractivity contribution in [2.45, 2.75) is 12.8 Å². The third-order valence-electron chi connectivity index (χ3n) is 4.10. The SMILES string of the molecule is C=Cc1c(-c2ccc(CCF)cc2)c(CC=O)n(C)c(=O)c1C=C. The zero-order valence-corrected chi connectivity index (χ0v) is 13.7. The smallest absolute Gasteiger partial charge is 0.258 e. The third kappa shape index (κ3) is 3.13. The van der Waals surface area contributed by atoms with E-state index in [0.29, 0.717) is 23.2 Å². The van der Waals surface area contributed by atoms with Crippen LogP contribution < -0.4 is 5.56 Å². The molecular weight excluding hydrogens is 305 g/mol. The van der Waals surface area contributed by atoms with Gasteiger partial charge in [0.1, 0.15) is 6.29 Å². The molecular formula is C20H20FNO2. The lowest BCUT2D eigenvalue weighted by atomic mass is 9.92. The average Bonchev–Trinajstić information content (AvgIpc) is 2.60. The van der Waals surface area contributed by atoms with E-state index in [1.165, 1.54) is 10.6 Å². The van der Waals surface area contributed by atoms with Gasteiger partial charge in [-0.25, -0.2) is 0 Å². The van der Waals surface area contributed by atoms with Crippen LogP contribution in [0.4, 0.5) is 4.39 Å². The second kappa shape index (κ2) is 7.68. The number of benzene rings is 1. The van der Waals surface area contributed by atoms with Crippen molar-refractivity contribution in [1.82, 2.24) is 4.57 Å². The van der Waals surface area contributed by atoms with Gasteiger partial charge in [-0.3, -0.25) is 9.18 Å². The van der Waals surface area contributed by atoms with E-state index < -0.39 is 6.67 Å². The van der Waals surface area contributed by atoms with Crippen molar-refractivity contribution in [2.24, 2.45) is 7.05 Å². The molecule has 24 heavy (non-hydrogen) atoms. The summed E-state index contributed by atoms with van der Waals surface area (Å²) in [5.74, 6) is 0. The van der Waals surface area contributed by atoms with Gasteiger partial charge in [-0.1, -0.05) is 49.6 Å². The Morgan fingerprint density at radius 1 is 1.12 bits per heavy atom. The molecule has 0 radical (unpaired) electrons. The number of aryl methyl sites for hydroxylation is 1. The lowest BCUT2D eigenvalue weighted by Crippen LogP contribution is -2.25. The van der Waals surface area contributed by atoms with E-state index in [9.17, 15) is 14.0 Å². The molecule has 0 aliphatic heterocycles. The van der Waals surface area contributed by atoms with Gasteiger partial charge >= 0.3 is 0 Å². The molecule has 3 nitrogen and oxygen atoms in total. The Morgan fingerprint density at radius 3 is 2.25 bits per heavy atom. The number of halogens is 1. The highest BCUT2D eigenvalue weighted by Crippen LogP contribution is 2.30. The van der Waals surface area contributed by atoms with Crippen molar-refractivity contribution in [3.63, 3.8) is 0 Å². The fourth-order valence-corrected chi connectivity index (χ4v) is 2.87. The van der Waals surface area contributed by atoms with Gasteiger partial charge in [-0.2, -0.15) is 0 Å². The molecule has 2 rings (SSSR count). The van der Waals surface area contributed by atoms with Gasteiger partial charge in [0.05, 0.1) is 6.67 Å². The number of nitrogens with zero attached hydrogens (tertiary/aromatic N) is 1. The molecule has 4 heteroatoms. The third-order valence-corrected chi connectivity index (χ3v) is 4.10. The quantitative estimate of drug-likeness (QED) is 0.730. The van der Waals surface area contributed by atoms with E-state index in [2.05, 4.69) is 13.2 Å². The van der Waals surface area contributed by atoms with Crippen molar-refractivity contribution < 1.29 is 9.18 Å². The second-order valence-electron chi connectivity index (χ2n) is 5.43. The first-order valence-electron chi connectivity index (χ1n) is 7.68. The summed E-state index contributed by atoms with van der Waals surface area (Å²) in [6.07, 6.45) is 4.37. The fourth-order valence-electron chi connectivity index (χ4n) is 2.87. The number of alkyl halides is 1. The molecule has 0 aliphatic carbocycles. The van der Waals surface area contributed by atoms with Crippen molar-refractivity contribution in [3.8, 4) is 11.1 Å². The molecule has 1 aromatic heterocycles. The summed E-state index contributed by atoms with van der Waals surface area (Å²) in [4.78, 5) is 23.6. The largest absolute Gasteiger partial charge is 0.314 e. The number of rotatable bonds is 7. The van der Waals surface area contributed by atoms with Crippen LogP contribution in [0, 0.1) is 0 Å². The van der Waals surface area contributed by atoms with Crippen LogP contribution in [0.3, 0.4) is 0 Å². The molecule has 0 spiro atoms. The van der Waals surface area contributed by atoms with Crippen LogP contribution in [0.1, 0.15) is 22.4 Å². The molecule has 0 aliphatic rings. The highest BCUT2D eigenvalue weighted by atomic mass is 19.1. The summed E-state index contributed by atoms with van der Waals surface area (Å²) in [5.41, 5.74) is 4.03. The van der Waals surface area contributed by atoms with E-state index in [4.69, 9.17) is 0 Å². The van der Waals surface area contributed by atoms with Gasteiger partial charge in [0.2, 0.25) is 0 Å². The molecule has 2 aromatic rings. The fraction of sp³-hybridized carbons (Fsp3) is 0.200. The number of aromatic nitrogens is 1. The Hall–Kier alpha value is -2.75. The molecule has 0 saturated heterocycles. The lowest BCUT2D eigenvalue weighted by Gasteiger charge is -2.18. The van der Waals surface area contributed by atoms with E-state index in [1.807, 2.05) is 24.3 Å². The zero-order valence-electron chi connectivity index (χ0n) is 13.7. The summed E-state index contributed by atoms with van der Waals surface area (Å²) >= 11 is 0. The minimum Gasteiger partial charge on any atom is -0.314 e. The molecule has 1 heterocycles. The van der Waals surface area contributed by atoms with Crippen LogP contribution in [0.25, 0.3) is 23.3 Å². The normalized spacial score (nSPS) is 10.4. The molecule has 0 N–H and O–H groups in total. The molecule has 0 bridgehead atoms. The number of aldehydes is 1. The molecule has 0 fully saturated rings. The molecule has 0 saturated carbocycles. The topological polar surface area (TPSA) is 39.1 Å². The number of hydrogen-bond donors (Lipinski definition) is 0. The van der Waals surface area contributed by atoms with Crippen LogP contribution in [0.5, 0.6) is 0 Å². The van der Waals surface area contributed by atoms with Gasteiger partial charge in [0, 0.05) is 36.7 Å². The van der Waals surface area contributed by atoms with Crippen LogP contribution in [0.15, 0.2) is 42.2 Å². The van der Waals surface area contributed by atoms with Gasteiger partial charge < -0.3 is 9.36 Å². The van der Waals surface area contributed by atoms with E-state index >= 15 is 0 Å². The monoisotopic (exact) mass is 325 g/mol. The van der Waals surface area contributed by atoms with Crippen LogP contribution in [-0.4, -0.2) is 17.5 Å². The Kier molecular flexibility index (Phi) is 5.64. The summed E-state index contributed by atoms with van der Waals surface area (Å²) in [6.45, 7) is 7.12. The maximum atomic E-state index is 12.5. The van der Waals surface area contributed by atoms with Gasteiger partial charge in [-0.05, 0) is 16.7 Å². The minimum absolute atomic E-state index is 0.117. The predicted octanol–water partition coefficient (Wildman–Crippen LogP) is 3.59. The molecule has 0 amide bonds. The van der Waals surface area contributed by atoms with Crippen LogP contribution >= 0.6 is 0 Å². The summed E-state index contributed by atoms with van der Waals surface area (Å²) in [7, 11) is 1.64. The van der Waals surface area contributed by atoms with E-state index in [0.717, 1.165) is 23.0 Å². The number of carbonyl (C=O) groups is 1. The highest BCUT2D eigenvalue weighted by molar-refractivity contribution is 5.83. The standard InChI is InChI=1S/C20H20FNO2/c1-4-16-17(5-2)20(24)22(3)18(11-13-23)19(16)15-8-6-14(7-9-15)10-12-21/h4-9,13H,1-2,10-12H2,3H3. The van der Waals surface area contributed by atoms with Gasteiger partial charge in [0.15, 0.2) is 0 Å². The van der Waals surface area contributed by atoms with E-state index in [1.54, 1.807) is 13.1 Å². The highest BCUT2D eigenvalue weighted by Gasteiger charge is 2.18.